The highest BCUT2D eigenvalue weighted by atomic mass is 127. The molecule has 0 aliphatic carbocycles. The van der Waals surface area contributed by atoms with Crippen LogP contribution in [0.3, 0.4) is 0 Å². The fraction of sp³-hybridized carbons (Fsp3) is 0.111. The molecule has 3 aromatic heterocycles. The lowest BCUT2D eigenvalue weighted by molar-refractivity contribution is 0.100. The number of aromatic nitrogens is 4. The van der Waals surface area contributed by atoms with Gasteiger partial charge in [-0.25, -0.2) is 9.50 Å². The number of nitrogens with zero attached hydrogens (tertiary/aromatic N) is 4. The minimum absolute atomic E-state index is 0.00239. The van der Waals surface area contributed by atoms with Crippen LogP contribution in [0, 0.1) is 11.8 Å². The van der Waals surface area contributed by atoms with E-state index in [1.54, 1.807) is 32.0 Å². The predicted molar refractivity (Wildman–Crippen MR) is 158 cm³/mol. The van der Waals surface area contributed by atoms with Crippen molar-refractivity contribution in [2.24, 2.45) is 5.73 Å². The lowest BCUT2D eigenvalue weighted by atomic mass is 10.0. The van der Waals surface area contributed by atoms with Crippen molar-refractivity contribution in [1.29, 1.82) is 0 Å². The number of aryl methyl sites for hydroxylation is 1. The Bertz CT molecular complexity index is 1700. The molecule has 186 valence electrons. The first-order valence-corrected chi connectivity index (χ1v) is 14.8. The van der Waals surface area contributed by atoms with Gasteiger partial charge in [0.1, 0.15) is 5.56 Å². The molecule has 1 amide bonds. The van der Waals surface area contributed by atoms with Crippen molar-refractivity contribution >= 4 is 58.3 Å². The number of hydrogen-bond donors (Lipinski definition) is 2. The van der Waals surface area contributed by atoms with Gasteiger partial charge in [0.05, 0.1) is 11.1 Å². The van der Waals surface area contributed by atoms with Crippen molar-refractivity contribution in [3.05, 3.63) is 100 Å². The molecule has 5 aromatic rings. The van der Waals surface area contributed by atoms with Gasteiger partial charge in [0.15, 0.2) is 11.5 Å². The molecule has 2 aromatic carbocycles. The molecule has 0 unspecified atom stereocenters. The molecule has 0 atom stereocenters. The summed E-state index contributed by atoms with van der Waals surface area (Å²) in [5.41, 5.74) is 13.8. The average molecular weight is 622 g/mol. The summed E-state index contributed by atoms with van der Waals surface area (Å²) in [5.74, 6) is 6.50. The van der Waals surface area contributed by atoms with Crippen LogP contribution in [0.2, 0.25) is 0 Å². The van der Waals surface area contributed by atoms with Crippen molar-refractivity contribution in [1.82, 2.24) is 19.2 Å². The number of amides is 1. The quantitative estimate of drug-likeness (QED) is 0.227. The van der Waals surface area contributed by atoms with Gasteiger partial charge in [-0.1, -0.05) is 58.0 Å². The number of benzene rings is 2. The van der Waals surface area contributed by atoms with Gasteiger partial charge in [-0.2, -0.15) is 0 Å². The lowest BCUT2D eigenvalue weighted by Gasteiger charge is -2.14. The highest BCUT2D eigenvalue weighted by Crippen LogP contribution is 2.20. The zero-order valence-electron chi connectivity index (χ0n) is 19.9. The van der Waals surface area contributed by atoms with Gasteiger partial charge in [-0.05, 0) is 63.3 Å². The highest BCUT2D eigenvalue weighted by Gasteiger charge is 2.15. The fourth-order valence-electron chi connectivity index (χ4n) is 3.94. The van der Waals surface area contributed by atoms with E-state index in [1.807, 2.05) is 48.5 Å². The van der Waals surface area contributed by atoms with Crippen molar-refractivity contribution in [2.75, 3.05) is 11.5 Å². The molecule has 37 heavy (non-hydrogen) atoms. The molecule has 0 aliphatic rings. The number of fused-ring (bicyclic) bond motifs is 2. The van der Waals surface area contributed by atoms with E-state index < -0.39 is 5.91 Å². The normalized spacial score (nSPS) is 10.4. The number of hydrogen-bond acceptors (Lipinski definition) is 6. The first-order valence-electron chi connectivity index (χ1n) is 11.3. The van der Waals surface area contributed by atoms with E-state index in [0.29, 0.717) is 11.0 Å². The molecule has 10 heteroatoms. The van der Waals surface area contributed by atoms with Crippen LogP contribution in [-0.2, 0) is 6.42 Å². The zero-order valence-corrected chi connectivity index (χ0v) is 22.9. The highest BCUT2D eigenvalue weighted by molar-refractivity contribution is 14.2. The van der Waals surface area contributed by atoms with Gasteiger partial charge >= 0.3 is 0 Å². The Morgan fingerprint density at radius 3 is 2.62 bits per heavy atom. The van der Waals surface area contributed by atoms with E-state index in [2.05, 4.69) is 56.1 Å². The maximum absolute atomic E-state index is 13.3. The van der Waals surface area contributed by atoms with Crippen LogP contribution in [0.5, 0.6) is 0 Å². The lowest BCUT2D eigenvalue weighted by Crippen LogP contribution is -2.22. The van der Waals surface area contributed by atoms with Gasteiger partial charge in [0.2, 0.25) is 0 Å². The van der Waals surface area contributed by atoms with Gasteiger partial charge in [-0.3, -0.25) is 14.2 Å². The first kappa shape index (κ1) is 26.2. The number of primary amides is 1. The Balaban J connectivity index is 0.000000207. The maximum atomic E-state index is 13.3. The minimum atomic E-state index is -0.619. The maximum Gasteiger partial charge on any atom is 0.264 e. The largest absolute Gasteiger partial charge is 0.381 e. The summed E-state index contributed by atoms with van der Waals surface area (Å²) >= 11 is 2.23. The van der Waals surface area contributed by atoms with E-state index in [0.717, 1.165) is 34.5 Å². The number of nitrogens with two attached hydrogens (primary N) is 2. The second-order valence-electron chi connectivity index (χ2n) is 7.80. The van der Waals surface area contributed by atoms with Crippen molar-refractivity contribution in [3.8, 4) is 17.5 Å². The summed E-state index contributed by atoms with van der Waals surface area (Å²) in [6.45, 7) is 2.07. The Kier molecular flexibility index (Phi) is 8.47. The topological polar surface area (TPSA) is 121 Å². The van der Waals surface area contributed by atoms with Crippen LogP contribution < -0.4 is 17.0 Å². The van der Waals surface area contributed by atoms with Crippen LogP contribution in [0.4, 0.5) is 5.82 Å². The number of para-hydroxylation sites is 1. The van der Waals surface area contributed by atoms with E-state index in [-0.39, 0.29) is 16.9 Å². The monoisotopic (exact) mass is 622 g/mol. The average Bonchev–Trinajstić information content (AvgIpc) is 3.25. The molecule has 4 N–H and O–H groups in total. The van der Waals surface area contributed by atoms with Crippen LogP contribution in [0.15, 0.2) is 77.9 Å². The number of nitrogen functional groups attached to an aromatic ring is 1. The molecule has 0 saturated heterocycles. The molecule has 0 fully saturated rings. The summed E-state index contributed by atoms with van der Waals surface area (Å²) in [5, 5.41) is 5.52. The molecule has 0 radical (unpaired) electrons. The van der Waals surface area contributed by atoms with Gasteiger partial charge in [0.25, 0.3) is 11.5 Å². The minimum Gasteiger partial charge on any atom is -0.381 e. The smallest absolute Gasteiger partial charge is 0.264 e. The molecule has 0 aliphatic heterocycles. The standard InChI is InChI=1S/C20H16INOS.C7H7N5O/c1-2-17-14-16-9-6-8-15(10-7-13-24-21)19(16)20(23)22(17)18-11-4-3-5-12-18;8-5-4(6(9)13)7-10-2-1-3-12(7)11-5/h3-6,8-9,11-12,14H,2,13H2,1H3;1-3H,(H2,8,11)(H2,9,13). The van der Waals surface area contributed by atoms with E-state index in [9.17, 15) is 9.59 Å². The number of halogens is 1. The van der Waals surface area contributed by atoms with Crippen LogP contribution in [0.25, 0.3) is 22.1 Å². The molecule has 0 saturated carbocycles. The van der Waals surface area contributed by atoms with Gasteiger partial charge < -0.3 is 11.5 Å². The van der Waals surface area contributed by atoms with Crippen LogP contribution in [-0.4, -0.2) is 30.8 Å². The molecule has 0 bridgehead atoms. The van der Waals surface area contributed by atoms with E-state index in [1.165, 1.54) is 4.52 Å². The zero-order chi connectivity index (χ0) is 26.4. The Hall–Kier alpha value is -3.82. The van der Waals surface area contributed by atoms with Crippen molar-refractivity contribution in [2.45, 2.75) is 13.3 Å². The summed E-state index contributed by atoms with van der Waals surface area (Å²) < 4.78 is 3.22. The molecular weight excluding hydrogens is 599 g/mol. The van der Waals surface area contributed by atoms with Crippen LogP contribution >= 0.6 is 30.1 Å². The Morgan fingerprint density at radius 1 is 1.14 bits per heavy atom. The summed E-state index contributed by atoms with van der Waals surface area (Å²) in [4.78, 5) is 28.1. The fourth-order valence-corrected chi connectivity index (χ4v) is 4.53. The number of carbonyl (C=O) groups is 1. The second-order valence-corrected chi connectivity index (χ2v) is 10.2. The third-order valence-corrected chi connectivity index (χ3v) is 6.71. The number of rotatable bonds is 4. The number of carbonyl (C=O) groups excluding carboxylic acids is 1. The van der Waals surface area contributed by atoms with E-state index >= 15 is 0 Å². The third-order valence-electron chi connectivity index (χ3n) is 5.52. The SMILES string of the molecule is CCc1cc2cccc(C#CCSI)c2c(=O)n1-c1ccccc1.NC(=O)c1c(N)nn2cccnc12. The van der Waals surface area contributed by atoms with Crippen molar-refractivity contribution < 1.29 is 4.79 Å². The van der Waals surface area contributed by atoms with E-state index in [4.69, 9.17) is 11.5 Å². The Morgan fingerprint density at radius 2 is 1.92 bits per heavy atom. The van der Waals surface area contributed by atoms with Gasteiger partial charge in [0, 0.05) is 29.3 Å². The molecule has 8 nitrogen and oxygen atoms in total. The number of pyridine rings is 1. The molecule has 5 rings (SSSR count). The number of anilines is 1. The Labute approximate surface area is 229 Å². The predicted octanol–water partition coefficient (Wildman–Crippen LogP) is 4.40. The summed E-state index contributed by atoms with van der Waals surface area (Å²) in [7, 11) is 1.65. The first-order chi connectivity index (χ1) is 18.0. The van der Waals surface area contributed by atoms with Gasteiger partial charge in [-0.15, -0.1) is 5.10 Å². The molecule has 3 heterocycles. The van der Waals surface area contributed by atoms with Crippen molar-refractivity contribution in [3.63, 3.8) is 0 Å². The summed E-state index contributed by atoms with van der Waals surface area (Å²) in [6.07, 6.45) is 3.98. The second kappa shape index (κ2) is 11.9. The molecular formula is C27H23IN6O2S. The third kappa shape index (κ3) is 5.63. The van der Waals surface area contributed by atoms with Crippen LogP contribution in [0.1, 0.15) is 28.5 Å². The molecule has 0 spiro atoms. The summed E-state index contributed by atoms with van der Waals surface area (Å²) in [6, 6.07) is 19.5.